The summed E-state index contributed by atoms with van der Waals surface area (Å²) in [6.07, 6.45) is 0.346. The van der Waals surface area contributed by atoms with Crippen molar-refractivity contribution in [3.05, 3.63) is 0 Å². The number of aliphatic hydroxyl groups excluding tert-OH is 1. The maximum atomic E-state index is 11.8. The predicted octanol–water partition coefficient (Wildman–Crippen LogP) is 0.214. The minimum absolute atomic E-state index is 0.153. The Bertz CT molecular complexity index is 257. The van der Waals surface area contributed by atoms with Gasteiger partial charge < -0.3 is 20.0 Å². The first-order chi connectivity index (χ1) is 7.36. The van der Waals surface area contributed by atoms with E-state index in [4.69, 9.17) is 10.2 Å². The van der Waals surface area contributed by atoms with Crippen molar-refractivity contribution >= 4 is 12.0 Å². The van der Waals surface area contributed by atoms with Crippen molar-refractivity contribution in [2.24, 2.45) is 0 Å². The van der Waals surface area contributed by atoms with Crippen molar-refractivity contribution in [3.8, 4) is 0 Å². The molecule has 0 aromatic rings. The highest BCUT2D eigenvalue weighted by Crippen LogP contribution is 2.07. The summed E-state index contributed by atoms with van der Waals surface area (Å²) in [4.78, 5) is 25.2. The summed E-state index contributed by atoms with van der Waals surface area (Å²) >= 11 is 0. The van der Waals surface area contributed by atoms with Crippen LogP contribution in [0.2, 0.25) is 0 Å². The first-order valence-corrected chi connectivity index (χ1v) is 5.20. The lowest BCUT2D eigenvalue weighted by molar-refractivity contribution is -0.142. The molecule has 16 heavy (non-hydrogen) atoms. The molecule has 2 amide bonds. The molecule has 0 rings (SSSR count). The summed E-state index contributed by atoms with van der Waals surface area (Å²) < 4.78 is 0. The molecule has 0 bridgehead atoms. The first-order valence-electron chi connectivity index (χ1n) is 5.20. The van der Waals surface area contributed by atoms with Gasteiger partial charge in [0.05, 0.1) is 12.6 Å². The highest BCUT2D eigenvalue weighted by Gasteiger charge is 2.28. The topological polar surface area (TPSA) is 81.1 Å². The number of carbonyl (C=O) groups is 2. The summed E-state index contributed by atoms with van der Waals surface area (Å²) in [6, 6.07) is -1.57. The minimum Gasteiger partial charge on any atom is -0.480 e. The number of amides is 2. The molecule has 0 saturated heterocycles. The van der Waals surface area contributed by atoms with Gasteiger partial charge in [0.2, 0.25) is 0 Å². The zero-order valence-corrected chi connectivity index (χ0v) is 10.2. The van der Waals surface area contributed by atoms with Crippen molar-refractivity contribution in [1.82, 2.24) is 9.80 Å². The van der Waals surface area contributed by atoms with Crippen LogP contribution in [-0.4, -0.2) is 64.8 Å². The number of aliphatic carboxylic acids is 1. The molecule has 0 aliphatic heterocycles. The van der Waals surface area contributed by atoms with Gasteiger partial charge in [-0.25, -0.2) is 9.59 Å². The van der Waals surface area contributed by atoms with Crippen LogP contribution in [0.15, 0.2) is 0 Å². The number of urea groups is 1. The van der Waals surface area contributed by atoms with Crippen molar-refractivity contribution in [2.45, 2.75) is 32.4 Å². The van der Waals surface area contributed by atoms with Gasteiger partial charge in [0, 0.05) is 14.1 Å². The highest BCUT2D eigenvalue weighted by atomic mass is 16.4. The Balaban J connectivity index is 4.65. The number of nitrogens with zero attached hydrogens (tertiary/aromatic N) is 2. The van der Waals surface area contributed by atoms with Crippen LogP contribution < -0.4 is 0 Å². The van der Waals surface area contributed by atoms with Crippen LogP contribution in [0.1, 0.15) is 20.3 Å². The molecule has 94 valence electrons. The van der Waals surface area contributed by atoms with E-state index in [1.165, 1.54) is 23.9 Å². The second kappa shape index (κ2) is 6.32. The van der Waals surface area contributed by atoms with E-state index in [-0.39, 0.29) is 12.6 Å². The molecular weight excluding hydrogens is 212 g/mol. The third kappa shape index (κ3) is 3.37. The maximum absolute atomic E-state index is 11.8. The summed E-state index contributed by atoms with van der Waals surface area (Å²) in [5, 5.41) is 17.8. The largest absolute Gasteiger partial charge is 0.480 e. The van der Waals surface area contributed by atoms with Crippen LogP contribution >= 0.6 is 0 Å². The van der Waals surface area contributed by atoms with Gasteiger partial charge in [0.15, 0.2) is 0 Å². The number of likely N-dealkylation sites (N-methyl/N-ethyl adjacent to an activating group) is 2. The molecule has 2 unspecified atom stereocenters. The minimum atomic E-state index is -1.02. The second-order valence-electron chi connectivity index (χ2n) is 3.80. The van der Waals surface area contributed by atoms with Gasteiger partial charge in [0.1, 0.15) is 6.04 Å². The predicted molar refractivity (Wildman–Crippen MR) is 59.2 cm³/mol. The van der Waals surface area contributed by atoms with Crippen LogP contribution in [0.25, 0.3) is 0 Å². The average molecular weight is 232 g/mol. The van der Waals surface area contributed by atoms with Gasteiger partial charge in [-0.2, -0.15) is 0 Å². The van der Waals surface area contributed by atoms with Crippen LogP contribution in [0, 0.1) is 0 Å². The Kier molecular flexibility index (Phi) is 5.81. The van der Waals surface area contributed by atoms with Gasteiger partial charge >= 0.3 is 12.0 Å². The molecule has 0 aromatic carbocycles. The van der Waals surface area contributed by atoms with E-state index in [2.05, 4.69) is 0 Å². The van der Waals surface area contributed by atoms with Gasteiger partial charge in [-0.3, -0.25) is 0 Å². The van der Waals surface area contributed by atoms with Crippen LogP contribution in [0.4, 0.5) is 4.79 Å². The van der Waals surface area contributed by atoms with Crippen molar-refractivity contribution in [2.75, 3.05) is 20.7 Å². The summed E-state index contributed by atoms with van der Waals surface area (Å²) in [6.45, 7) is 3.24. The fraction of sp³-hybridized carbons (Fsp3) is 0.800. The standard InChI is InChI=1S/C10H20N2O4/c1-5-8(9(14)15)12(4)10(16)11(3)7(2)6-13/h7-8,13H,5-6H2,1-4H3,(H,14,15). The number of aliphatic hydroxyl groups is 1. The van der Waals surface area contributed by atoms with Crippen molar-refractivity contribution in [3.63, 3.8) is 0 Å². The van der Waals surface area contributed by atoms with Crippen molar-refractivity contribution in [1.29, 1.82) is 0 Å². The molecule has 0 aliphatic rings. The number of carboxylic acid groups (broad SMARTS) is 1. The number of hydrogen-bond acceptors (Lipinski definition) is 3. The number of rotatable bonds is 5. The average Bonchev–Trinajstić information content (AvgIpc) is 2.26. The van der Waals surface area contributed by atoms with E-state index < -0.39 is 18.0 Å². The molecular formula is C10H20N2O4. The summed E-state index contributed by atoms with van der Waals surface area (Å²) in [5.41, 5.74) is 0. The third-order valence-corrected chi connectivity index (χ3v) is 2.67. The molecule has 0 aliphatic carbocycles. The Labute approximate surface area is 95.5 Å². The highest BCUT2D eigenvalue weighted by molar-refractivity contribution is 5.82. The Morgan fingerprint density at radius 3 is 2.06 bits per heavy atom. The lowest BCUT2D eigenvalue weighted by atomic mass is 10.2. The van der Waals surface area contributed by atoms with Gasteiger partial charge in [-0.1, -0.05) is 6.92 Å². The lowest BCUT2D eigenvalue weighted by Crippen LogP contribution is -2.50. The van der Waals surface area contributed by atoms with Crippen molar-refractivity contribution < 1.29 is 19.8 Å². The van der Waals surface area contributed by atoms with Crippen LogP contribution in [-0.2, 0) is 4.79 Å². The third-order valence-electron chi connectivity index (χ3n) is 2.67. The normalized spacial score (nSPS) is 14.1. The van der Waals surface area contributed by atoms with Crippen LogP contribution in [0.3, 0.4) is 0 Å². The van der Waals surface area contributed by atoms with Gasteiger partial charge in [-0.05, 0) is 13.3 Å². The molecule has 0 heterocycles. The smallest absolute Gasteiger partial charge is 0.326 e. The fourth-order valence-electron chi connectivity index (χ4n) is 1.31. The van der Waals surface area contributed by atoms with Gasteiger partial charge in [0.25, 0.3) is 0 Å². The van der Waals surface area contributed by atoms with E-state index >= 15 is 0 Å². The number of hydrogen-bond donors (Lipinski definition) is 2. The molecule has 0 saturated carbocycles. The second-order valence-corrected chi connectivity index (χ2v) is 3.80. The summed E-state index contributed by atoms with van der Waals surface area (Å²) in [5.74, 6) is -1.02. The molecule has 0 spiro atoms. The van der Waals surface area contributed by atoms with E-state index in [1.54, 1.807) is 13.8 Å². The first kappa shape index (κ1) is 14.7. The van der Waals surface area contributed by atoms with E-state index in [1.807, 2.05) is 0 Å². The molecule has 0 aromatic heterocycles. The fourth-order valence-corrected chi connectivity index (χ4v) is 1.31. The molecule has 2 N–H and O–H groups in total. The number of carboxylic acids is 1. The zero-order valence-electron chi connectivity index (χ0n) is 10.2. The van der Waals surface area contributed by atoms with E-state index in [0.29, 0.717) is 6.42 Å². The SMILES string of the molecule is CCC(C(=O)O)N(C)C(=O)N(C)C(C)CO. The quantitative estimate of drug-likeness (QED) is 0.710. The monoisotopic (exact) mass is 232 g/mol. The lowest BCUT2D eigenvalue weighted by Gasteiger charge is -2.31. The molecule has 6 heteroatoms. The van der Waals surface area contributed by atoms with E-state index in [9.17, 15) is 9.59 Å². The van der Waals surface area contributed by atoms with Gasteiger partial charge in [-0.15, -0.1) is 0 Å². The Morgan fingerprint density at radius 1 is 1.25 bits per heavy atom. The Hall–Kier alpha value is -1.30. The zero-order chi connectivity index (χ0) is 12.9. The number of carbonyl (C=O) groups excluding carboxylic acids is 1. The molecule has 0 fully saturated rings. The molecule has 0 radical (unpaired) electrons. The molecule has 6 nitrogen and oxygen atoms in total. The maximum Gasteiger partial charge on any atom is 0.326 e. The summed E-state index contributed by atoms with van der Waals surface area (Å²) in [7, 11) is 2.99. The van der Waals surface area contributed by atoms with Crippen LogP contribution in [0.5, 0.6) is 0 Å². The molecule has 2 atom stereocenters. The van der Waals surface area contributed by atoms with E-state index in [0.717, 1.165) is 0 Å². The Morgan fingerprint density at radius 2 is 1.75 bits per heavy atom.